The van der Waals surface area contributed by atoms with Gasteiger partial charge in [-0.25, -0.2) is 19.9 Å². The summed E-state index contributed by atoms with van der Waals surface area (Å²) in [4.78, 5) is 31.7. The average molecular weight is 2330 g/mol. The van der Waals surface area contributed by atoms with Gasteiger partial charge in [0.05, 0.1) is 77.8 Å². The fourth-order valence-corrected chi connectivity index (χ4v) is 22.9. The second-order valence-corrected chi connectivity index (χ2v) is 46.2. The molecule has 150 heavy (non-hydrogen) atoms. The summed E-state index contributed by atoms with van der Waals surface area (Å²) in [5, 5.41) is 0. The molecule has 18 heteroatoms. The molecule has 24 rings (SSSR count). The predicted octanol–water partition coefficient (Wildman–Crippen LogP) is 34.4. The van der Waals surface area contributed by atoms with Gasteiger partial charge in [-0.05, 0) is 265 Å². The Morgan fingerprint density at radius 1 is 0.247 bits per heavy atom. The molecule has 0 atom stereocenters. The van der Waals surface area contributed by atoms with Crippen LogP contribution in [0.1, 0.15) is 306 Å². The summed E-state index contributed by atoms with van der Waals surface area (Å²) in [7, 11) is 0. The van der Waals surface area contributed by atoms with E-state index in [0.717, 1.165) is 157 Å². The molecule has 0 N–H and O–H groups in total. The van der Waals surface area contributed by atoms with Crippen LogP contribution in [0.3, 0.4) is 0 Å². The Morgan fingerprint density at radius 3 is 0.940 bits per heavy atom. The average Bonchev–Trinajstić information content (AvgIpc) is 1.54. The Labute approximate surface area is 908 Å². The third kappa shape index (κ3) is 16.9. The van der Waals surface area contributed by atoms with Crippen LogP contribution in [0.2, 0.25) is 0 Å². The van der Waals surface area contributed by atoms with Crippen molar-refractivity contribution in [3.63, 3.8) is 0 Å². The van der Waals surface area contributed by atoms with Gasteiger partial charge in [0, 0.05) is 36.2 Å². The summed E-state index contributed by atoms with van der Waals surface area (Å²) in [6.45, 7) is 59.7. The molecule has 14 aromatic carbocycles. The Kier molecular flexibility index (Phi) is 26.3. The molecule has 0 bridgehead atoms. The second kappa shape index (κ2) is 38.8. The molecule has 0 saturated heterocycles. The van der Waals surface area contributed by atoms with E-state index in [1.807, 2.05) is 18.5 Å². The molecule has 0 aliphatic heterocycles. The molecule has 0 aliphatic rings. The van der Waals surface area contributed by atoms with Crippen LogP contribution >= 0.6 is 0 Å². The maximum absolute atomic E-state index is 5.65. The molecule has 0 fully saturated rings. The fourth-order valence-electron chi connectivity index (χ4n) is 22.9. The van der Waals surface area contributed by atoms with E-state index in [0.29, 0.717) is 59.2 Å². The number of para-hydroxylation sites is 6. The largest absolute Gasteiger partial charge is 2.00 e. The first-order chi connectivity index (χ1) is 71.0. The number of benzene rings is 14. The van der Waals surface area contributed by atoms with E-state index in [-0.39, 0.29) is 53.0 Å². The standard InChI is InChI=1S/C77H80N8.C55H52N8.2Pt/c1-43(2)54-36-60(47(9)10)72(61(37-54)48(11)12)51-27-30-65-69(40-51)85-70-41-52(73-62(49(13)14)38-55(44(3)4)39-63(73)50(15)16)28-31-67(70)82(76(85)80-65)57-29-32-68-71(42-57)83(77-79-64-25-17-18-26-66(64)84(68)77)56-22-19-21-53(35-56)75-78-33-34-81(75)74-58(45(5)6)23-20-24-59(74)46(7)8;1-33(2)40-17-14-18-41(34(3)4)50(40)59-28-27-56-51(59)35-15-13-16-38(29-35)61-49-32-39(23-26-46(49)62-44-20-12-11-19-42(44)57-53(61)62)60-45-25-22-37(55(8,9)10)31-48(45)63-47-30-36(54(5,6)7)21-24-43(47)58-52(60)63;;/h17-34,36-41,43-50H,1-16H3;11-28,30-31,33-34H,1-10H3;;/q2*-2;2*+2. The van der Waals surface area contributed by atoms with Crippen molar-refractivity contribution in [3.05, 3.63) is 358 Å². The molecular weight excluding hydrogens is 2200 g/mol. The molecule has 0 unspecified atom stereocenters. The van der Waals surface area contributed by atoms with Crippen LogP contribution < -0.4 is 0 Å². The fraction of sp³-hybridized carbons (Fsp3) is 0.288. The summed E-state index contributed by atoms with van der Waals surface area (Å²) < 4.78 is 22.8. The van der Waals surface area contributed by atoms with E-state index < -0.39 is 0 Å². The first kappa shape index (κ1) is 102. The molecule has 0 spiro atoms. The zero-order valence-electron chi connectivity index (χ0n) is 91.0. The van der Waals surface area contributed by atoms with E-state index in [1.54, 1.807) is 0 Å². The molecule has 0 radical (unpaired) electrons. The first-order valence-corrected chi connectivity index (χ1v) is 53.3. The maximum Gasteiger partial charge on any atom is 2.00 e. The van der Waals surface area contributed by atoms with Gasteiger partial charge in [-0.2, -0.15) is 0 Å². The Bertz CT molecular complexity index is 9320. The topological polar surface area (TPSA) is 125 Å². The van der Waals surface area contributed by atoms with Crippen molar-refractivity contribution in [1.82, 2.24) is 74.9 Å². The Morgan fingerprint density at radius 2 is 0.553 bits per heavy atom. The van der Waals surface area contributed by atoms with Crippen molar-refractivity contribution in [1.29, 1.82) is 0 Å². The van der Waals surface area contributed by atoms with Gasteiger partial charge in [-0.3, -0.25) is 18.8 Å². The Hall–Kier alpha value is -14.0. The number of hydrogen-bond acceptors (Lipinski definition) is 6. The third-order valence-corrected chi connectivity index (χ3v) is 30.8. The van der Waals surface area contributed by atoms with Crippen molar-refractivity contribution in [2.45, 2.75) is 250 Å². The number of rotatable bonds is 20. The number of nitrogens with zero attached hydrogens (tertiary/aromatic N) is 16. The van der Waals surface area contributed by atoms with Crippen molar-refractivity contribution < 1.29 is 42.1 Å². The SMILES string of the molecule is CC(C)c1cc(C(C)C)c(-c2ccc3nc4n(-c5[c-]c6c(cc5)n5c7ccccc7nc5n6-c5[c-]c(-c6nccn6-c6c(C(C)C)cccc6C(C)C)ccc5)c5ccc(-c6c(C(C)C)cc(C(C)C)cc6C(C)C)cc5n4c3c2)c(C(C)C)c1.CC(C)c1cccc(C(C)C)c1-n1ccnc1-c1[c-]c(-n2c3[c-]c(-n4c5ccc(C(C)(C)C)cc5n5c6cc(C(C)(C)C)ccc6nc45)ccc3n3c4ccccc4nc23)ccc1.[Pt+2].[Pt+2]. The minimum atomic E-state index is -0.0320. The number of fused-ring (bicyclic) bond motifs is 20. The third-order valence-electron chi connectivity index (χ3n) is 30.8. The van der Waals surface area contributed by atoms with Gasteiger partial charge in [-0.15, -0.1) is 96.1 Å². The molecule has 10 aromatic heterocycles. The molecule has 10 heterocycles. The van der Waals surface area contributed by atoms with Gasteiger partial charge >= 0.3 is 42.1 Å². The summed E-state index contributed by atoms with van der Waals surface area (Å²) in [6.07, 6.45) is 8.00. The number of hydrogen-bond donors (Lipinski definition) is 0. The van der Waals surface area contributed by atoms with Crippen LogP contribution in [0.15, 0.2) is 267 Å². The molecule has 24 aromatic rings. The molecule has 0 aliphatic carbocycles. The minimum absolute atomic E-state index is 0. The maximum atomic E-state index is 5.65. The van der Waals surface area contributed by atoms with Gasteiger partial charge < -0.3 is 36.2 Å². The van der Waals surface area contributed by atoms with Crippen LogP contribution in [0.25, 0.3) is 191 Å². The van der Waals surface area contributed by atoms with Gasteiger partial charge in [-0.1, -0.05) is 301 Å². The van der Waals surface area contributed by atoms with Crippen LogP contribution in [0.4, 0.5) is 0 Å². The summed E-state index contributed by atoms with van der Waals surface area (Å²) in [5.41, 5.74) is 44.8. The monoisotopic (exact) mass is 2330 g/mol. The van der Waals surface area contributed by atoms with Crippen molar-refractivity contribution in [3.8, 4) is 79.2 Å². The van der Waals surface area contributed by atoms with Gasteiger partial charge in [0.15, 0.2) is 0 Å². The van der Waals surface area contributed by atoms with E-state index >= 15 is 0 Å². The zero-order chi connectivity index (χ0) is 103. The second-order valence-electron chi connectivity index (χ2n) is 46.2. The van der Waals surface area contributed by atoms with Gasteiger partial charge in [0.25, 0.3) is 0 Å². The summed E-state index contributed by atoms with van der Waals surface area (Å²) in [6, 6.07) is 105. The summed E-state index contributed by atoms with van der Waals surface area (Å²) in [5.74, 6) is 8.41. The first-order valence-electron chi connectivity index (χ1n) is 53.3. The van der Waals surface area contributed by atoms with E-state index in [2.05, 4.69) is 498 Å². The quantitative estimate of drug-likeness (QED) is 0.0700. The van der Waals surface area contributed by atoms with Crippen molar-refractivity contribution in [2.24, 2.45) is 0 Å². The van der Waals surface area contributed by atoms with Crippen LogP contribution in [0, 0.1) is 24.3 Å². The van der Waals surface area contributed by atoms with Gasteiger partial charge in [0.1, 0.15) is 0 Å². The van der Waals surface area contributed by atoms with Gasteiger partial charge in [0.2, 0.25) is 23.1 Å². The van der Waals surface area contributed by atoms with E-state index in [9.17, 15) is 0 Å². The predicted molar refractivity (Wildman–Crippen MR) is 615 cm³/mol. The van der Waals surface area contributed by atoms with Crippen LogP contribution in [-0.2, 0) is 53.0 Å². The van der Waals surface area contributed by atoms with E-state index in [1.165, 1.54) is 100 Å². The van der Waals surface area contributed by atoms with E-state index in [4.69, 9.17) is 29.9 Å². The van der Waals surface area contributed by atoms with Crippen LogP contribution in [-0.4, -0.2) is 74.9 Å². The molecule has 760 valence electrons. The van der Waals surface area contributed by atoms with Crippen LogP contribution in [0.5, 0.6) is 0 Å². The summed E-state index contributed by atoms with van der Waals surface area (Å²) >= 11 is 0. The molecule has 0 amide bonds. The number of aromatic nitrogens is 16. The molecule has 16 nitrogen and oxygen atoms in total. The molecule has 0 saturated carbocycles. The number of imidazole rings is 10. The molecular formula is C132H132N16Pt2. The normalized spacial score (nSPS) is 12.6. The zero-order valence-corrected chi connectivity index (χ0v) is 95.5. The smallest absolute Gasteiger partial charge is 0.340 e. The van der Waals surface area contributed by atoms with Crippen molar-refractivity contribution >= 4 is 111 Å². The Balaban J connectivity index is 0.000000180. The van der Waals surface area contributed by atoms with Crippen molar-refractivity contribution in [2.75, 3.05) is 0 Å². The minimum Gasteiger partial charge on any atom is -0.340 e.